The monoisotopic (exact) mass is 152 g/mol. The summed E-state index contributed by atoms with van der Waals surface area (Å²) in [7, 11) is 0. The number of rotatable bonds is 0. The molecule has 0 radical (unpaired) electrons. The van der Waals surface area contributed by atoms with Gasteiger partial charge in [0.1, 0.15) is 0 Å². The Hall–Kier alpha value is 0.620. The van der Waals surface area contributed by atoms with E-state index in [2.05, 4.69) is 0 Å². The van der Waals surface area contributed by atoms with Gasteiger partial charge in [-0.25, -0.2) is 0 Å². The molecule has 0 bridgehead atoms. The number of thioether (sulfide) groups is 2. The van der Waals surface area contributed by atoms with E-state index in [-0.39, 0.29) is 0 Å². The highest BCUT2D eigenvalue weighted by Gasteiger charge is 2.25. The van der Waals surface area contributed by atoms with Gasteiger partial charge in [-0.3, -0.25) is 0 Å². The molecule has 0 atom stereocenters. The van der Waals surface area contributed by atoms with Crippen molar-refractivity contribution in [2.45, 2.75) is 5.79 Å². The molecule has 48 valence electrons. The summed E-state index contributed by atoms with van der Waals surface area (Å²) in [5.41, 5.74) is 0. The van der Waals surface area contributed by atoms with E-state index >= 15 is 0 Å². The summed E-state index contributed by atoms with van der Waals surface area (Å²) in [5.74, 6) is -0.479. The molecule has 0 amide bonds. The highest BCUT2D eigenvalue weighted by atomic mass is 32.2. The Morgan fingerprint density at radius 1 is 1.12 bits per heavy atom. The third kappa shape index (κ3) is 1.85. The zero-order valence-corrected chi connectivity index (χ0v) is 5.97. The molecule has 0 aliphatic carbocycles. The van der Waals surface area contributed by atoms with Crippen molar-refractivity contribution in [3.63, 3.8) is 0 Å². The second-order valence-electron chi connectivity index (χ2n) is 1.80. The molecule has 1 rings (SSSR count). The van der Waals surface area contributed by atoms with Gasteiger partial charge in [-0.15, -0.1) is 23.5 Å². The summed E-state index contributed by atoms with van der Waals surface area (Å²) in [4.78, 5) is 0. The summed E-state index contributed by atoms with van der Waals surface area (Å²) in [6, 6.07) is 0. The van der Waals surface area contributed by atoms with Crippen LogP contribution in [-0.4, -0.2) is 32.6 Å². The van der Waals surface area contributed by atoms with E-state index < -0.39 is 5.79 Å². The maximum Gasteiger partial charge on any atom is 0.181 e. The molecular weight excluding hydrogens is 144 g/mol. The average Bonchev–Trinajstić information content (AvgIpc) is 1.65. The Labute approximate surface area is 56.7 Å². The molecule has 0 unspecified atom stereocenters. The van der Waals surface area contributed by atoms with Crippen molar-refractivity contribution in [2.24, 2.45) is 0 Å². The molecule has 0 saturated carbocycles. The highest BCUT2D eigenvalue weighted by molar-refractivity contribution is 8.16. The van der Waals surface area contributed by atoms with Crippen molar-refractivity contribution < 1.29 is 10.2 Å². The largest absolute Gasteiger partial charge is 0.364 e. The van der Waals surface area contributed by atoms with E-state index in [4.69, 9.17) is 10.2 Å². The van der Waals surface area contributed by atoms with E-state index in [1.807, 2.05) is 0 Å². The topological polar surface area (TPSA) is 40.5 Å². The molecule has 2 nitrogen and oxygen atoms in total. The van der Waals surface area contributed by atoms with Gasteiger partial charge in [0.15, 0.2) is 5.79 Å². The van der Waals surface area contributed by atoms with Gasteiger partial charge in [0.25, 0.3) is 0 Å². The second kappa shape index (κ2) is 2.47. The Morgan fingerprint density at radius 3 is 1.88 bits per heavy atom. The van der Waals surface area contributed by atoms with Crippen LogP contribution in [0.15, 0.2) is 0 Å². The fraction of sp³-hybridized carbons (Fsp3) is 1.00. The van der Waals surface area contributed by atoms with Crippen molar-refractivity contribution in [1.82, 2.24) is 0 Å². The van der Waals surface area contributed by atoms with Crippen molar-refractivity contribution in [3.05, 3.63) is 0 Å². The standard InChI is InChI=1S/C4H8O2S2/c5-4(6)1-7-3-8-2-4/h5-6H,1-3H2. The predicted molar refractivity (Wildman–Crippen MR) is 37.0 cm³/mol. The van der Waals surface area contributed by atoms with Gasteiger partial charge in [-0.2, -0.15) is 0 Å². The van der Waals surface area contributed by atoms with Gasteiger partial charge >= 0.3 is 0 Å². The summed E-state index contributed by atoms with van der Waals surface area (Å²) in [6.45, 7) is 0. The molecular formula is C4H8O2S2. The van der Waals surface area contributed by atoms with Crippen LogP contribution in [0.4, 0.5) is 0 Å². The van der Waals surface area contributed by atoms with E-state index in [0.29, 0.717) is 11.5 Å². The van der Waals surface area contributed by atoms with Crippen LogP contribution in [0.3, 0.4) is 0 Å². The van der Waals surface area contributed by atoms with Crippen LogP contribution < -0.4 is 0 Å². The zero-order valence-electron chi connectivity index (χ0n) is 4.33. The van der Waals surface area contributed by atoms with Crippen LogP contribution in [0.1, 0.15) is 0 Å². The lowest BCUT2D eigenvalue weighted by Crippen LogP contribution is -2.36. The molecule has 0 spiro atoms. The summed E-state index contributed by atoms with van der Waals surface area (Å²) >= 11 is 3.13. The van der Waals surface area contributed by atoms with E-state index in [9.17, 15) is 0 Å². The Bertz CT molecular complexity index is 76.1. The molecule has 0 aromatic rings. The maximum absolute atomic E-state index is 8.89. The number of hydrogen-bond donors (Lipinski definition) is 2. The molecule has 0 aromatic heterocycles. The first kappa shape index (κ1) is 6.74. The number of aliphatic hydroxyl groups is 2. The minimum Gasteiger partial charge on any atom is -0.364 e. The third-order valence-electron chi connectivity index (χ3n) is 0.833. The maximum atomic E-state index is 8.89. The van der Waals surface area contributed by atoms with Gasteiger partial charge in [0, 0.05) is 16.6 Å². The molecule has 0 aromatic carbocycles. The van der Waals surface area contributed by atoms with Crippen molar-refractivity contribution in [1.29, 1.82) is 0 Å². The minimum atomic E-state index is -1.40. The molecule has 1 fully saturated rings. The first-order valence-corrected chi connectivity index (χ1v) is 4.62. The van der Waals surface area contributed by atoms with Gasteiger partial charge < -0.3 is 10.2 Å². The molecule has 1 aliphatic heterocycles. The van der Waals surface area contributed by atoms with Crippen LogP contribution in [0, 0.1) is 0 Å². The first-order valence-electron chi connectivity index (χ1n) is 2.31. The van der Waals surface area contributed by atoms with Crippen molar-refractivity contribution in [2.75, 3.05) is 16.6 Å². The Kier molecular flexibility index (Phi) is 2.08. The fourth-order valence-corrected chi connectivity index (χ4v) is 2.64. The lowest BCUT2D eigenvalue weighted by atomic mass is 10.4. The van der Waals surface area contributed by atoms with Gasteiger partial charge in [0.2, 0.25) is 0 Å². The Morgan fingerprint density at radius 2 is 1.62 bits per heavy atom. The SMILES string of the molecule is OC1(O)CSCSC1. The van der Waals surface area contributed by atoms with Crippen LogP contribution >= 0.6 is 23.5 Å². The smallest absolute Gasteiger partial charge is 0.181 e. The van der Waals surface area contributed by atoms with Gasteiger partial charge in [-0.05, 0) is 0 Å². The summed E-state index contributed by atoms with van der Waals surface area (Å²) < 4.78 is 0. The molecule has 2 N–H and O–H groups in total. The molecule has 8 heavy (non-hydrogen) atoms. The highest BCUT2D eigenvalue weighted by Crippen LogP contribution is 2.26. The average molecular weight is 152 g/mol. The van der Waals surface area contributed by atoms with Crippen LogP contribution in [0.2, 0.25) is 0 Å². The molecule has 1 heterocycles. The quantitative estimate of drug-likeness (QED) is 0.483. The zero-order chi connectivity index (χ0) is 6.04. The first-order chi connectivity index (χ1) is 3.71. The predicted octanol–water partition coefficient (Wildman–Crippen LogP) is 0.105. The Balaban J connectivity index is 2.33. The third-order valence-corrected chi connectivity index (χ3v) is 3.50. The molecule has 1 saturated heterocycles. The van der Waals surface area contributed by atoms with Gasteiger partial charge in [-0.1, -0.05) is 0 Å². The second-order valence-corrected chi connectivity index (χ2v) is 4.13. The van der Waals surface area contributed by atoms with E-state index in [0.717, 1.165) is 5.08 Å². The molecule has 4 heteroatoms. The lowest BCUT2D eigenvalue weighted by molar-refractivity contribution is -0.119. The van der Waals surface area contributed by atoms with E-state index in [1.54, 1.807) is 23.5 Å². The summed E-state index contributed by atoms with van der Waals surface area (Å²) in [5, 5.41) is 18.8. The summed E-state index contributed by atoms with van der Waals surface area (Å²) in [6.07, 6.45) is 0. The van der Waals surface area contributed by atoms with Crippen molar-refractivity contribution >= 4 is 23.5 Å². The van der Waals surface area contributed by atoms with Crippen LogP contribution in [-0.2, 0) is 0 Å². The number of hydrogen-bond acceptors (Lipinski definition) is 4. The molecule has 1 aliphatic rings. The van der Waals surface area contributed by atoms with Crippen molar-refractivity contribution in [3.8, 4) is 0 Å². The van der Waals surface area contributed by atoms with E-state index in [1.165, 1.54) is 0 Å². The van der Waals surface area contributed by atoms with Crippen LogP contribution in [0.25, 0.3) is 0 Å². The normalized spacial score (nSPS) is 27.8. The van der Waals surface area contributed by atoms with Crippen LogP contribution in [0.5, 0.6) is 0 Å². The lowest BCUT2D eigenvalue weighted by Gasteiger charge is -2.24. The fourth-order valence-electron chi connectivity index (χ4n) is 0.511. The van der Waals surface area contributed by atoms with Gasteiger partial charge in [0.05, 0.1) is 0 Å². The minimum absolute atomic E-state index is 0.458.